The molecule has 0 spiro atoms. The molecule has 0 amide bonds. The van der Waals surface area contributed by atoms with Crippen LogP contribution in [0.1, 0.15) is 19.0 Å². The molecule has 108 valence electrons. The lowest BCUT2D eigenvalue weighted by Crippen LogP contribution is -2.04. The van der Waals surface area contributed by atoms with E-state index in [0.717, 1.165) is 35.2 Å². The Balaban J connectivity index is 1.77. The van der Waals surface area contributed by atoms with Gasteiger partial charge in [-0.1, -0.05) is 19.1 Å². The van der Waals surface area contributed by atoms with Gasteiger partial charge in [0, 0.05) is 6.54 Å². The summed E-state index contributed by atoms with van der Waals surface area (Å²) in [5.74, 6) is 1.05. The van der Waals surface area contributed by atoms with Gasteiger partial charge in [-0.05, 0) is 41.5 Å². The number of fused-ring (bicyclic) bond motifs is 1. The van der Waals surface area contributed by atoms with Gasteiger partial charge in [-0.15, -0.1) is 0 Å². The number of aryl methyl sites for hydroxylation is 1. The number of rotatable bonds is 5. The highest BCUT2D eigenvalue weighted by molar-refractivity contribution is 5.85. The number of aromatic nitrogens is 2. The lowest BCUT2D eigenvalue weighted by Gasteiger charge is -2.09. The fraction of sp³-hybridized carbons (Fsp3) is 0.235. The molecule has 3 aromatic rings. The Morgan fingerprint density at radius 1 is 1.14 bits per heavy atom. The van der Waals surface area contributed by atoms with Gasteiger partial charge in [-0.3, -0.25) is 0 Å². The summed E-state index contributed by atoms with van der Waals surface area (Å²) < 4.78 is 7.95. The zero-order valence-electron chi connectivity index (χ0n) is 12.0. The largest absolute Gasteiger partial charge is 0.508 e. The highest BCUT2D eigenvalue weighted by Gasteiger charge is 2.03. The maximum absolute atomic E-state index is 9.54. The monoisotopic (exact) mass is 282 g/mol. The molecule has 0 aliphatic rings. The normalized spacial score (nSPS) is 10.9. The second-order valence-electron chi connectivity index (χ2n) is 5.06. The average molecular weight is 282 g/mol. The van der Waals surface area contributed by atoms with Crippen LogP contribution >= 0.6 is 0 Å². The van der Waals surface area contributed by atoms with Gasteiger partial charge in [0.2, 0.25) is 0 Å². The second kappa shape index (κ2) is 5.87. The topological polar surface area (TPSA) is 47.3 Å². The van der Waals surface area contributed by atoms with E-state index in [4.69, 9.17) is 4.74 Å². The van der Waals surface area contributed by atoms with Crippen LogP contribution in [0, 0.1) is 0 Å². The van der Waals surface area contributed by atoms with E-state index < -0.39 is 0 Å². The van der Waals surface area contributed by atoms with Crippen LogP contribution < -0.4 is 4.74 Å². The standard InChI is InChI=1S/C17H18N2O2/c1-2-7-19-12-18-10-15(19)11-21-17-6-4-13-3-5-16(20)8-14(13)9-17/h3-6,8-10,12,20H,2,7,11H2,1H3. The van der Waals surface area contributed by atoms with Gasteiger partial charge in [0.05, 0.1) is 18.2 Å². The third kappa shape index (κ3) is 2.99. The molecule has 1 aromatic heterocycles. The summed E-state index contributed by atoms with van der Waals surface area (Å²) >= 11 is 0. The number of hydrogen-bond donors (Lipinski definition) is 1. The molecule has 3 rings (SSSR count). The van der Waals surface area contributed by atoms with Crippen molar-refractivity contribution < 1.29 is 9.84 Å². The smallest absolute Gasteiger partial charge is 0.130 e. The zero-order chi connectivity index (χ0) is 14.7. The van der Waals surface area contributed by atoms with Crippen LogP contribution in [0.3, 0.4) is 0 Å². The van der Waals surface area contributed by atoms with Crippen LogP contribution in [0.2, 0.25) is 0 Å². The number of nitrogens with zero attached hydrogens (tertiary/aromatic N) is 2. The maximum Gasteiger partial charge on any atom is 0.130 e. The highest BCUT2D eigenvalue weighted by atomic mass is 16.5. The first-order chi connectivity index (χ1) is 10.3. The minimum absolute atomic E-state index is 0.265. The Bertz CT molecular complexity index is 749. The molecule has 0 radical (unpaired) electrons. The van der Waals surface area contributed by atoms with Crippen molar-refractivity contribution in [3.63, 3.8) is 0 Å². The molecule has 4 nitrogen and oxygen atoms in total. The van der Waals surface area contributed by atoms with Crippen molar-refractivity contribution in [2.45, 2.75) is 26.5 Å². The van der Waals surface area contributed by atoms with Gasteiger partial charge in [0.1, 0.15) is 18.1 Å². The Hall–Kier alpha value is -2.49. The summed E-state index contributed by atoms with van der Waals surface area (Å²) in [6.45, 7) is 3.58. The Morgan fingerprint density at radius 3 is 2.86 bits per heavy atom. The summed E-state index contributed by atoms with van der Waals surface area (Å²) in [7, 11) is 0. The highest BCUT2D eigenvalue weighted by Crippen LogP contribution is 2.24. The summed E-state index contributed by atoms with van der Waals surface area (Å²) in [5.41, 5.74) is 1.06. The molecule has 2 aromatic carbocycles. The van der Waals surface area contributed by atoms with Crippen molar-refractivity contribution in [2.24, 2.45) is 0 Å². The first-order valence-electron chi connectivity index (χ1n) is 7.11. The molecule has 0 aliphatic heterocycles. The summed E-state index contributed by atoms with van der Waals surface area (Å²) in [6.07, 6.45) is 4.74. The molecule has 0 atom stereocenters. The average Bonchev–Trinajstić information content (AvgIpc) is 2.92. The minimum Gasteiger partial charge on any atom is -0.508 e. The zero-order valence-corrected chi connectivity index (χ0v) is 12.0. The van der Waals surface area contributed by atoms with Gasteiger partial charge < -0.3 is 14.4 Å². The van der Waals surface area contributed by atoms with E-state index in [1.165, 1.54) is 0 Å². The van der Waals surface area contributed by atoms with Crippen LogP contribution in [-0.4, -0.2) is 14.7 Å². The van der Waals surface area contributed by atoms with Gasteiger partial charge in [-0.25, -0.2) is 4.98 Å². The number of aromatic hydroxyl groups is 1. The summed E-state index contributed by atoms with van der Waals surface area (Å²) in [4.78, 5) is 4.16. The third-order valence-corrected chi connectivity index (χ3v) is 3.45. The number of phenolic OH excluding ortho intramolecular Hbond substituents is 1. The Morgan fingerprint density at radius 2 is 2.00 bits per heavy atom. The second-order valence-corrected chi connectivity index (χ2v) is 5.06. The van der Waals surface area contributed by atoms with Crippen LogP contribution in [-0.2, 0) is 13.2 Å². The maximum atomic E-state index is 9.54. The summed E-state index contributed by atoms with van der Waals surface area (Å²) in [6, 6.07) is 11.2. The van der Waals surface area contributed by atoms with Gasteiger partial charge >= 0.3 is 0 Å². The molecule has 0 unspecified atom stereocenters. The molecule has 21 heavy (non-hydrogen) atoms. The van der Waals surface area contributed by atoms with E-state index in [0.29, 0.717) is 6.61 Å². The summed E-state index contributed by atoms with van der Waals surface area (Å²) in [5, 5.41) is 11.6. The van der Waals surface area contributed by atoms with E-state index in [1.54, 1.807) is 12.1 Å². The van der Waals surface area contributed by atoms with E-state index in [2.05, 4.69) is 16.5 Å². The molecular formula is C17H18N2O2. The van der Waals surface area contributed by atoms with Crippen molar-refractivity contribution in [1.82, 2.24) is 9.55 Å². The Kier molecular flexibility index (Phi) is 3.77. The molecule has 1 N–H and O–H groups in total. The minimum atomic E-state index is 0.265. The van der Waals surface area contributed by atoms with E-state index in [-0.39, 0.29) is 5.75 Å². The molecule has 4 heteroatoms. The van der Waals surface area contributed by atoms with Crippen LogP contribution in [0.15, 0.2) is 48.9 Å². The number of ether oxygens (including phenoxy) is 1. The quantitative estimate of drug-likeness (QED) is 0.775. The number of hydrogen-bond acceptors (Lipinski definition) is 3. The SMILES string of the molecule is CCCn1cncc1COc1ccc2ccc(O)cc2c1. The molecule has 0 aliphatic carbocycles. The number of imidazole rings is 1. The number of benzene rings is 2. The van der Waals surface area contributed by atoms with Crippen molar-refractivity contribution in [3.05, 3.63) is 54.6 Å². The predicted octanol–water partition coefficient (Wildman–Crippen LogP) is 3.73. The van der Waals surface area contributed by atoms with Gasteiger partial charge in [0.15, 0.2) is 0 Å². The van der Waals surface area contributed by atoms with E-state index in [9.17, 15) is 5.11 Å². The van der Waals surface area contributed by atoms with Gasteiger partial charge in [0.25, 0.3) is 0 Å². The fourth-order valence-corrected chi connectivity index (χ4v) is 2.37. The number of phenols is 1. The predicted molar refractivity (Wildman–Crippen MR) is 82.5 cm³/mol. The van der Waals surface area contributed by atoms with Crippen LogP contribution in [0.25, 0.3) is 10.8 Å². The lowest BCUT2D eigenvalue weighted by molar-refractivity contribution is 0.295. The first-order valence-corrected chi connectivity index (χ1v) is 7.11. The Labute approximate surface area is 123 Å². The molecule has 0 saturated carbocycles. The first kappa shape index (κ1) is 13.5. The lowest BCUT2D eigenvalue weighted by atomic mass is 10.1. The molecular weight excluding hydrogens is 264 g/mol. The molecule has 1 heterocycles. The molecule has 0 saturated heterocycles. The molecule has 0 fully saturated rings. The van der Waals surface area contributed by atoms with Crippen LogP contribution in [0.5, 0.6) is 11.5 Å². The third-order valence-electron chi connectivity index (χ3n) is 3.45. The van der Waals surface area contributed by atoms with E-state index in [1.807, 2.05) is 36.8 Å². The van der Waals surface area contributed by atoms with Crippen molar-refractivity contribution >= 4 is 10.8 Å². The van der Waals surface area contributed by atoms with Gasteiger partial charge in [-0.2, -0.15) is 0 Å². The van der Waals surface area contributed by atoms with Crippen molar-refractivity contribution in [1.29, 1.82) is 0 Å². The van der Waals surface area contributed by atoms with Crippen LogP contribution in [0.4, 0.5) is 0 Å². The fourth-order valence-electron chi connectivity index (χ4n) is 2.37. The van der Waals surface area contributed by atoms with Crippen molar-refractivity contribution in [2.75, 3.05) is 0 Å². The van der Waals surface area contributed by atoms with E-state index >= 15 is 0 Å². The molecule has 0 bridgehead atoms. The van der Waals surface area contributed by atoms with Crippen molar-refractivity contribution in [3.8, 4) is 11.5 Å².